The Kier molecular flexibility index (Phi) is 4.13. The second kappa shape index (κ2) is 5.49. The molecule has 2 N–H and O–H groups in total. The van der Waals surface area contributed by atoms with Gasteiger partial charge in [-0.25, -0.2) is 4.98 Å². The third-order valence-corrected chi connectivity index (χ3v) is 4.48. The molecular weight excluding hydrogens is 303 g/mol. The molecule has 0 aliphatic rings. The molecular formula is C13H12Cl2N2OS. The van der Waals surface area contributed by atoms with Crippen LogP contribution in [-0.4, -0.2) is 10.8 Å². The number of Topliss-reactive ketones (excluding diaryl/α,β-unsaturated/α-hetero) is 1. The van der Waals surface area contributed by atoms with Crippen LogP contribution in [0.25, 0.3) is 0 Å². The Bertz CT molecular complexity index is 610. The van der Waals surface area contributed by atoms with Crippen LogP contribution in [0.2, 0.25) is 10.0 Å². The summed E-state index contributed by atoms with van der Waals surface area (Å²) < 4.78 is 0. The Labute approximate surface area is 125 Å². The van der Waals surface area contributed by atoms with Gasteiger partial charge in [-0.05, 0) is 26.0 Å². The summed E-state index contributed by atoms with van der Waals surface area (Å²) in [4.78, 5) is 17.6. The molecule has 0 aliphatic heterocycles. The molecule has 100 valence electrons. The maximum atomic E-state index is 12.2. The largest absolute Gasteiger partial charge is 0.396 e. The van der Waals surface area contributed by atoms with Crippen LogP contribution in [0, 0.1) is 13.8 Å². The summed E-state index contributed by atoms with van der Waals surface area (Å²) in [5, 5.41) is 1.38. The van der Waals surface area contributed by atoms with E-state index in [0.717, 1.165) is 15.6 Å². The van der Waals surface area contributed by atoms with Gasteiger partial charge in [0.25, 0.3) is 0 Å². The minimum atomic E-state index is -0.0717. The Balaban J connectivity index is 2.25. The summed E-state index contributed by atoms with van der Waals surface area (Å²) in [7, 11) is 0. The minimum absolute atomic E-state index is 0.0717. The van der Waals surface area contributed by atoms with Crippen molar-refractivity contribution in [2.45, 2.75) is 20.3 Å². The van der Waals surface area contributed by atoms with E-state index < -0.39 is 0 Å². The number of carbonyl (C=O) groups excluding carboxylic acids is 1. The second-order valence-corrected chi connectivity index (χ2v) is 6.30. The molecule has 1 aromatic carbocycles. The van der Waals surface area contributed by atoms with Gasteiger partial charge in [0.15, 0.2) is 5.78 Å². The molecule has 2 rings (SSSR count). The van der Waals surface area contributed by atoms with Crippen molar-refractivity contribution in [2.24, 2.45) is 0 Å². The number of ketones is 1. The molecule has 0 fully saturated rings. The fraction of sp³-hybridized carbons (Fsp3) is 0.231. The maximum Gasteiger partial charge on any atom is 0.169 e. The first-order valence-corrected chi connectivity index (χ1v) is 7.16. The van der Waals surface area contributed by atoms with Crippen molar-refractivity contribution in [3.05, 3.63) is 43.3 Å². The number of benzene rings is 1. The summed E-state index contributed by atoms with van der Waals surface area (Å²) in [5.74, 6) is -0.0717. The van der Waals surface area contributed by atoms with E-state index in [9.17, 15) is 4.79 Å². The van der Waals surface area contributed by atoms with Crippen molar-refractivity contribution >= 4 is 46.0 Å². The third kappa shape index (κ3) is 3.08. The Morgan fingerprint density at radius 3 is 2.37 bits per heavy atom. The van der Waals surface area contributed by atoms with Gasteiger partial charge < -0.3 is 5.73 Å². The van der Waals surface area contributed by atoms with Gasteiger partial charge in [-0.1, -0.05) is 23.2 Å². The first-order chi connectivity index (χ1) is 8.88. The molecule has 0 bridgehead atoms. The number of aromatic nitrogens is 1. The number of thiazole rings is 1. The number of anilines is 1. The lowest BCUT2D eigenvalue weighted by atomic mass is 10.1. The van der Waals surface area contributed by atoms with E-state index in [2.05, 4.69) is 4.98 Å². The zero-order valence-electron chi connectivity index (χ0n) is 10.5. The average molecular weight is 315 g/mol. The molecule has 0 radical (unpaired) electrons. The smallest absolute Gasteiger partial charge is 0.169 e. The molecule has 19 heavy (non-hydrogen) atoms. The number of carbonyl (C=O) groups is 1. The van der Waals surface area contributed by atoms with Crippen LogP contribution in [0.15, 0.2) is 12.1 Å². The van der Waals surface area contributed by atoms with Crippen molar-refractivity contribution in [3.63, 3.8) is 0 Å². The van der Waals surface area contributed by atoms with Crippen LogP contribution in [-0.2, 0) is 6.42 Å². The van der Waals surface area contributed by atoms with Gasteiger partial charge in [-0.3, -0.25) is 4.79 Å². The highest BCUT2D eigenvalue weighted by Crippen LogP contribution is 2.29. The van der Waals surface area contributed by atoms with E-state index in [4.69, 9.17) is 28.9 Å². The van der Waals surface area contributed by atoms with Gasteiger partial charge in [-0.15, -0.1) is 11.3 Å². The van der Waals surface area contributed by atoms with Crippen LogP contribution < -0.4 is 5.73 Å². The van der Waals surface area contributed by atoms with Crippen LogP contribution in [0.1, 0.15) is 25.9 Å². The molecule has 3 nitrogen and oxygen atoms in total. The molecule has 0 aliphatic carbocycles. The van der Waals surface area contributed by atoms with Crippen molar-refractivity contribution < 1.29 is 4.79 Å². The lowest BCUT2D eigenvalue weighted by Gasteiger charge is -2.04. The highest BCUT2D eigenvalue weighted by atomic mass is 35.5. The van der Waals surface area contributed by atoms with Crippen LogP contribution >= 0.6 is 34.5 Å². The van der Waals surface area contributed by atoms with Crippen molar-refractivity contribution in [1.29, 1.82) is 0 Å². The van der Waals surface area contributed by atoms with E-state index >= 15 is 0 Å². The number of nitrogens with zero attached hydrogens (tertiary/aromatic N) is 1. The van der Waals surface area contributed by atoms with Gasteiger partial charge in [-0.2, -0.15) is 0 Å². The second-order valence-electron chi connectivity index (χ2n) is 4.20. The van der Waals surface area contributed by atoms with Gasteiger partial charge in [0.05, 0.1) is 27.8 Å². The summed E-state index contributed by atoms with van der Waals surface area (Å²) >= 11 is 13.4. The molecule has 0 saturated carbocycles. The minimum Gasteiger partial charge on any atom is -0.396 e. The van der Waals surface area contributed by atoms with Gasteiger partial charge in [0.1, 0.15) is 5.01 Å². The van der Waals surface area contributed by atoms with Crippen LogP contribution in [0.5, 0.6) is 0 Å². The SMILES string of the molecule is Cc1nc(CC(=O)c2cc(Cl)c(N)c(Cl)c2)sc1C. The van der Waals surface area contributed by atoms with Gasteiger partial charge >= 0.3 is 0 Å². The Morgan fingerprint density at radius 1 is 1.32 bits per heavy atom. The highest BCUT2D eigenvalue weighted by Gasteiger charge is 2.14. The Morgan fingerprint density at radius 2 is 1.89 bits per heavy atom. The standard InChI is InChI=1S/C13H12Cl2N2OS/c1-6-7(2)19-12(17-6)5-11(18)8-3-9(14)13(16)10(15)4-8/h3-4H,5,16H2,1-2H3. The quantitative estimate of drug-likeness (QED) is 0.686. The van der Waals surface area contributed by atoms with Gasteiger partial charge in [0.2, 0.25) is 0 Å². The van der Waals surface area contributed by atoms with Crippen molar-refractivity contribution in [2.75, 3.05) is 5.73 Å². The first kappa shape index (κ1) is 14.3. The summed E-state index contributed by atoms with van der Waals surface area (Å²) in [6.45, 7) is 3.91. The predicted molar refractivity (Wildman–Crippen MR) is 80.5 cm³/mol. The fourth-order valence-corrected chi connectivity index (χ4v) is 3.02. The molecule has 1 heterocycles. The molecule has 6 heteroatoms. The molecule has 1 aromatic heterocycles. The third-order valence-electron chi connectivity index (χ3n) is 2.79. The monoisotopic (exact) mass is 314 g/mol. The molecule has 2 aromatic rings. The molecule has 0 amide bonds. The number of hydrogen-bond donors (Lipinski definition) is 1. The zero-order valence-corrected chi connectivity index (χ0v) is 12.8. The van der Waals surface area contributed by atoms with E-state index in [1.54, 1.807) is 12.1 Å². The molecule has 0 spiro atoms. The van der Waals surface area contributed by atoms with E-state index in [-0.39, 0.29) is 12.2 Å². The highest BCUT2D eigenvalue weighted by molar-refractivity contribution is 7.11. The van der Waals surface area contributed by atoms with Crippen molar-refractivity contribution in [3.8, 4) is 0 Å². The normalized spacial score (nSPS) is 10.7. The maximum absolute atomic E-state index is 12.2. The average Bonchev–Trinajstić information content (AvgIpc) is 2.64. The molecule has 0 unspecified atom stereocenters. The number of nitrogens with two attached hydrogens (primary N) is 1. The zero-order chi connectivity index (χ0) is 14.2. The first-order valence-electron chi connectivity index (χ1n) is 5.59. The summed E-state index contributed by atoms with van der Waals surface area (Å²) in [5.41, 5.74) is 7.35. The van der Waals surface area contributed by atoms with Crippen LogP contribution in [0.4, 0.5) is 5.69 Å². The van der Waals surface area contributed by atoms with Crippen LogP contribution in [0.3, 0.4) is 0 Å². The number of halogens is 2. The lowest BCUT2D eigenvalue weighted by Crippen LogP contribution is -2.04. The number of aryl methyl sites for hydroxylation is 2. The Hall–Kier alpha value is -1.10. The fourth-order valence-electron chi connectivity index (χ4n) is 1.60. The summed E-state index contributed by atoms with van der Waals surface area (Å²) in [6, 6.07) is 3.08. The number of hydrogen-bond acceptors (Lipinski definition) is 4. The topological polar surface area (TPSA) is 56.0 Å². The summed E-state index contributed by atoms with van der Waals surface area (Å²) in [6.07, 6.45) is 0.246. The van der Waals surface area contributed by atoms with E-state index in [1.807, 2.05) is 13.8 Å². The van der Waals surface area contributed by atoms with Gasteiger partial charge in [0, 0.05) is 10.4 Å². The van der Waals surface area contributed by atoms with Crippen molar-refractivity contribution in [1.82, 2.24) is 4.98 Å². The predicted octanol–water partition coefficient (Wildman–Crippen LogP) is 4.07. The van der Waals surface area contributed by atoms with E-state index in [1.165, 1.54) is 11.3 Å². The molecule has 0 atom stereocenters. The number of rotatable bonds is 3. The lowest BCUT2D eigenvalue weighted by molar-refractivity contribution is 0.0993. The van der Waals surface area contributed by atoms with E-state index in [0.29, 0.717) is 21.3 Å². The number of nitrogen functional groups attached to an aromatic ring is 1. The molecule has 0 saturated heterocycles.